The summed E-state index contributed by atoms with van der Waals surface area (Å²) in [5, 5.41) is 0. The first-order valence-corrected chi connectivity index (χ1v) is 4.97. The van der Waals surface area contributed by atoms with E-state index in [9.17, 15) is 0 Å². The van der Waals surface area contributed by atoms with Crippen molar-refractivity contribution in [3.8, 4) is 18.1 Å². The van der Waals surface area contributed by atoms with Gasteiger partial charge in [-0.1, -0.05) is 5.92 Å². The van der Waals surface area contributed by atoms with Gasteiger partial charge in [0.15, 0.2) is 0 Å². The molecule has 0 radical (unpaired) electrons. The van der Waals surface area contributed by atoms with E-state index in [0.717, 1.165) is 22.6 Å². The van der Waals surface area contributed by atoms with Crippen molar-refractivity contribution in [3.63, 3.8) is 0 Å². The highest BCUT2D eigenvalue weighted by molar-refractivity contribution is 5.78. The van der Waals surface area contributed by atoms with E-state index >= 15 is 0 Å². The van der Waals surface area contributed by atoms with E-state index in [1.807, 2.05) is 22.8 Å². The minimum absolute atomic E-state index is 0.374. The second kappa shape index (κ2) is 4.25. The third-order valence-electron chi connectivity index (χ3n) is 2.47. The Morgan fingerprint density at radius 2 is 2.38 bits per heavy atom. The number of ether oxygens (including phenoxy) is 1. The monoisotopic (exact) mass is 215 g/mol. The van der Waals surface area contributed by atoms with Gasteiger partial charge in [0.1, 0.15) is 11.6 Å². The van der Waals surface area contributed by atoms with Crippen LogP contribution in [0.3, 0.4) is 0 Å². The Balaban J connectivity index is 2.63. The van der Waals surface area contributed by atoms with Crippen molar-refractivity contribution < 1.29 is 4.74 Å². The fourth-order valence-electron chi connectivity index (χ4n) is 1.71. The molecule has 4 heteroatoms. The van der Waals surface area contributed by atoms with E-state index in [1.54, 1.807) is 7.11 Å². The predicted molar refractivity (Wildman–Crippen MR) is 63.0 cm³/mol. The average molecular weight is 215 g/mol. The van der Waals surface area contributed by atoms with Gasteiger partial charge in [0.05, 0.1) is 31.2 Å². The molecule has 0 atom stereocenters. The van der Waals surface area contributed by atoms with E-state index in [-0.39, 0.29) is 0 Å². The highest BCUT2D eigenvalue weighted by atomic mass is 16.5. The normalized spacial score (nSPS) is 10.3. The highest BCUT2D eigenvalue weighted by Crippen LogP contribution is 2.21. The third-order valence-corrected chi connectivity index (χ3v) is 2.47. The van der Waals surface area contributed by atoms with Crippen molar-refractivity contribution in [2.45, 2.75) is 13.1 Å². The summed E-state index contributed by atoms with van der Waals surface area (Å²) in [5.41, 5.74) is 7.47. The summed E-state index contributed by atoms with van der Waals surface area (Å²) in [5.74, 6) is 4.17. The smallest absolute Gasteiger partial charge is 0.124 e. The van der Waals surface area contributed by atoms with Crippen LogP contribution in [-0.2, 0) is 13.1 Å². The number of nitrogens with zero attached hydrogens (tertiary/aromatic N) is 2. The summed E-state index contributed by atoms with van der Waals surface area (Å²) in [6.07, 6.45) is 5.33. The lowest BCUT2D eigenvalue weighted by Gasteiger charge is -2.03. The van der Waals surface area contributed by atoms with Crippen molar-refractivity contribution in [1.29, 1.82) is 0 Å². The van der Waals surface area contributed by atoms with Crippen LogP contribution in [0.4, 0.5) is 0 Å². The lowest BCUT2D eigenvalue weighted by molar-refractivity contribution is 0.415. The molecule has 0 saturated carbocycles. The Bertz CT molecular complexity index is 551. The summed E-state index contributed by atoms with van der Waals surface area (Å²) in [6, 6.07) is 5.70. The first-order chi connectivity index (χ1) is 7.80. The molecule has 16 heavy (non-hydrogen) atoms. The maximum atomic E-state index is 5.63. The van der Waals surface area contributed by atoms with Gasteiger partial charge >= 0.3 is 0 Å². The molecular formula is C12H13N3O. The topological polar surface area (TPSA) is 53.1 Å². The average Bonchev–Trinajstić information content (AvgIpc) is 2.67. The van der Waals surface area contributed by atoms with Gasteiger partial charge in [-0.25, -0.2) is 4.98 Å². The van der Waals surface area contributed by atoms with E-state index < -0.39 is 0 Å². The number of benzene rings is 1. The van der Waals surface area contributed by atoms with Gasteiger partial charge in [0.2, 0.25) is 0 Å². The third kappa shape index (κ3) is 1.62. The predicted octanol–water partition coefficient (Wildman–Crippen LogP) is 1.14. The van der Waals surface area contributed by atoms with Gasteiger partial charge in [0.25, 0.3) is 0 Å². The Morgan fingerprint density at radius 1 is 1.56 bits per heavy atom. The molecule has 2 N–H and O–H groups in total. The van der Waals surface area contributed by atoms with Crippen LogP contribution in [0.5, 0.6) is 5.75 Å². The highest BCUT2D eigenvalue weighted by Gasteiger charge is 2.09. The number of fused-ring (bicyclic) bond motifs is 1. The molecule has 0 aliphatic rings. The summed E-state index contributed by atoms with van der Waals surface area (Å²) in [4.78, 5) is 4.42. The number of hydrogen-bond acceptors (Lipinski definition) is 3. The number of methoxy groups -OCH3 is 1. The van der Waals surface area contributed by atoms with Crippen LogP contribution in [0.1, 0.15) is 5.82 Å². The van der Waals surface area contributed by atoms with E-state index in [1.165, 1.54) is 0 Å². The molecular weight excluding hydrogens is 202 g/mol. The van der Waals surface area contributed by atoms with Gasteiger partial charge in [0, 0.05) is 6.07 Å². The Morgan fingerprint density at radius 3 is 3.00 bits per heavy atom. The van der Waals surface area contributed by atoms with Crippen molar-refractivity contribution in [2.24, 2.45) is 5.73 Å². The zero-order chi connectivity index (χ0) is 11.5. The zero-order valence-electron chi connectivity index (χ0n) is 9.10. The number of hydrogen-bond donors (Lipinski definition) is 1. The number of nitrogens with two attached hydrogens (primary N) is 1. The number of aromatic nitrogens is 2. The lowest BCUT2D eigenvalue weighted by Crippen LogP contribution is -2.07. The second-order valence-corrected chi connectivity index (χ2v) is 3.38. The maximum Gasteiger partial charge on any atom is 0.124 e. The molecule has 82 valence electrons. The summed E-state index contributed by atoms with van der Waals surface area (Å²) in [7, 11) is 1.63. The molecule has 0 saturated heterocycles. The number of terminal acetylenes is 1. The molecule has 0 unspecified atom stereocenters. The Labute approximate surface area is 94.0 Å². The van der Waals surface area contributed by atoms with Gasteiger partial charge in [-0.2, -0.15) is 0 Å². The van der Waals surface area contributed by atoms with Crippen molar-refractivity contribution >= 4 is 11.0 Å². The molecule has 0 aliphatic carbocycles. The lowest BCUT2D eigenvalue weighted by atomic mass is 10.3. The molecule has 1 aromatic heterocycles. The van der Waals surface area contributed by atoms with Crippen molar-refractivity contribution in [2.75, 3.05) is 7.11 Å². The second-order valence-electron chi connectivity index (χ2n) is 3.38. The summed E-state index contributed by atoms with van der Waals surface area (Å²) in [6.45, 7) is 0.855. The maximum absolute atomic E-state index is 5.63. The SMILES string of the molecule is C#CCn1c(CN)nc2cc(OC)ccc21. The first kappa shape index (κ1) is 10.5. The number of rotatable bonds is 3. The zero-order valence-corrected chi connectivity index (χ0v) is 9.10. The van der Waals surface area contributed by atoms with Crippen molar-refractivity contribution in [3.05, 3.63) is 24.0 Å². The quantitative estimate of drug-likeness (QED) is 0.781. The molecule has 0 bridgehead atoms. The fraction of sp³-hybridized carbons (Fsp3) is 0.250. The van der Waals surface area contributed by atoms with Crippen LogP contribution >= 0.6 is 0 Å². The molecule has 2 aromatic rings. The molecule has 1 heterocycles. The van der Waals surface area contributed by atoms with E-state index in [0.29, 0.717) is 13.1 Å². The fourth-order valence-corrected chi connectivity index (χ4v) is 1.71. The minimum atomic E-state index is 0.374. The van der Waals surface area contributed by atoms with Crippen LogP contribution in [-0.4, -0.2) is 16.7 Å². The van der Waals surface area contributed by atoms with Crippen LogP contribution < -0.4 is 10.5 Å². The Kier molecular flexibility index (Phi) is 2.80. The largest absolute Gasteiger partial charge is 0.497 e. The molecule has 2 rings (SSSR count). The standard InChI is InChI=1S/C12H13N3O/c1-3-6-15-11-5-4-9(16-2)7-10(11)14-12(15)8-13/h1,4-5,7H,6,8,13H2,2H3. The van der Waals surface area contributed by atoms with Crippen LogP contribution in [0.2, 0.25) is 0 Å². The molecule has 0 amide bonds. The van der Waals surface area contributed by atoms with Crippen LogP contribution in [0.25, 0.3) is 11.0 Å². The first-order valence-electron chi connectivity index (χ1n) is 4.97. The minimum Gasteiger partial charge on any atom is -0.497 e. The van der Waals surface area contributed by atoms with Gasteiger partial charge in [-0.05, 0) is 12.1 Å². The van der Waals surface area contributed by atoms with E-state index in [2.05, 4.69) is 10.9 Å². The molecule has 0 aliphatic heterocycles. The summed E-state index contributed by atoms with van der Waals surface area (Å²) < 4.78 is 7.08. The van der Waals surface area contributed by atoms with Gasteiger partial charge in [-0.3, -0.25) is 0 Å². The number of imidazole rings is 1. The Hall–Kier alpha value is -1.99. The molecule has 1 aromatic carbocycles. The van der Waals surface area contributed by atoms with Crippen LogP contribution in [0.15, 0.2) is 18.2 Å². The molecule has 0 fully saturated rings. The van der Waals surface area contributed by atoms with Gasteiger partial charge in [-0.15, -0.1) is 6.42 Å². The summed E-state index contributed by atoms with van der Waals surface area (Å²) >= 11 is 0. The van der Waals surface area contributed by atoms with E-state index in [4.69, 9.17) is 16.9 Å². The van der Waals surface area contributed by atoms with Crippen molar-refractivity contribution in [1.82, 2.24) is 9.55 Å². The van der Waals surface area contributed by atoms with Gasteiger partial charge < -0.3 is 15.0 Å². The van der Waals surface area contributed by atoms with Crippen LogP contribution in [0, 0.1) is 12.3 Å². The molecule has 4 nitrogen and oxygen atoms in total. The molecule has 0 spiro atoms.